The van der Waals surface area contributed by atoms with Crippen LogP contribution >= 0.6 is 0 Å². The summed E-state index contributed by atoms with van der Waals surface area (Å²) in [5.41, 5.74) is 6.89. The Balaban J connectivity index is 1.75. The Morgan fingerprint density at radius 1 is 1.39 bits per heavy atom. The molecule has 0 spiro atoms. The van der Waals surface area contributed by atoms with Crippen LogP contribution in [0, 0.1) is 0 Å². The van der Waals surface area contributed by atoms with Crippen LogP contribution in [-0.4, -0.2) is 52.9 Å². The van der Waals surface area contributed by atoms with Crippen molar-refractivity contribution < 1.29 is 4.79 Å². The van der Waals surface area contributed by atoms with Crippen molar-refractivity contribution in [2.75, 3.05) is 31.9 Å². The van der Waals surface area contributed by atoms with Crippen molar-refractivity contribution in [1.29, 1.82) is 0 Å². The van der Waals surface area contributed by atoms with E-state index in [9.17, 15) is 4.79 Å². The number of aromatic nitrogens is 1. The second-order valence-electron chi connectivity index (χ2n) is 5.05. The lowest BCUT2D eigenvalue weighted by molar-refractivity contribution is 0.0572. The first-order chi connectivity index (χ1) is 8.75. The van der Waals surface area contributed by atoms with E-state index in [0.717, 1.165) is 19.6 Å². The maximum Gasteiger partial charge on any atom is 0.257 e. The number of carbonyl (C=O) groups excluding carboxylic acids is 1. The Morgan fingerprint density at radius 2 is 2.28 bits per heavy atom. The highest BCUT2D eigenvalue weighted by Gasteiger charge is 2.33. The predicted octanol–water partition coefficient (Wildman–Crippen LogP) is 0.584. The molecule has 3 rings (SSSR count). The van der Waals surface area contributed by atoms with Gasteiger partial charge in [0.15, 0.2) is 0 Å². The van der Waals surface area contributed by atoms with Gasteiger partial charge < -0.3 is 10.6 Å². The first kappa shape index (κ1) is 11.5. The lowest BCUT2D eigenvalue weighted by Crippen LogP contribution is -2.52. The van der Waals surface area contributed by atoms with E-state index in [1.54, 1.807) is 18.5 Å². The van der Waals surface area contributed by atoms with E-state index in [1.165, 1.54) is 19.4 Å². The molecule has 1 amide bonds. The van der Waals surface area contributed by atoms with E-state index in [4.69, 9.17) is 5.73 Å². The maximum absolute atomic E-state index is 12.4. The van der Waals surface area contributed by atoms with Crippen molar-refractivity contribution in [2.24, 2.45) is 0 Å². The molecule has 1 aromatic heterocycles. The number of amides is 1. The molecule has 18 heavy (non-hydrogen) atoms. The first-order valence-electron chi connectivity index (χ1n) is 6.48. The van der Waals surface area contributed by atoms with Gasteiger partial charge in [-0.1, -0.05) is 0 Å². The van der Waals surface area contributed by atoms with E-state index in [2.05, 4.69) is 9.88 Å². The minimum atomic E-state index is 0.0205. The molecule has 2 N–H and O–H groups in total. The van der Waals surface area contributed by atoms with E-state index in [0.29, 0.717) is 17.3 Å². The molecule has 1 atom stereocenters. The van der Waals surface area contributed by atoms with Gasteiger partial charge in [-0.25, -0.2) is 0 Å². The molecule has 96 valence electrons. The summed E-state index contributed by atoms with van der Waals surface area (Å²) in [6, 6.07) is 2.22. The third-order valence-corrected chi connectivity index (χ3v) is 3.96. The second-order valence-corrected chi connectivity index (χ2v) is 5.05. The van der Waals surface area contributed by atoms with Gasteiger partial charge in [-0.2, -0.15) is 0 Å². The van der Waals surface area contributed by atoms with Gasteiger partial charge in [0.2, 0.25) is 0 Å². The van der Waals surface area contributed by atoms with Crippen molar-refractivity contribution >= 4 is 11.6 Å². The zero-order chi connectivity index (χ0) is 12.5. The van der Waals surface area contributed by atoms with Gasteiger partial charge in [0.1, 0.15) is 0 Å². The van der Waals surface area contributed by atoms with Crippen LogP contribution in [-0.2, 0) is 0 Å². The quantitative estimate of drug-likeness (QED) is 0.787. The smallest absolute Gasteiger partial charge is 0.257 e. The van der Waals surface area contributed by atoms with Crippen LogP contribution in [0.25, 0.3) is 0 Å². The fraction of sp³-hybridized carbons (Fsp3) is 0.538. The Kier molecular flexibility index (Phi) is 2.91. The molecule has 0 radical (unpaired) electrons. The third kappa shape index (κ3) is 1.95. The Morgan fingerprint density at radius 3 is 3.11 bits per heavy atom. The van der Waals surface area contributed by atoms with E-state index in [-0.39, 0.29) is 5.91 Å². The molecule has 5 nitrogen and oxygen atoms in total. The summed E-state index contributed by atoms with van der Waals surface area (Å²) < 4.78 is 0. The molecule has 5 heteroatoms. The summed E-state index contributed by atoms with van der Waals surface area (Å²) >= 11 is 0. The van der Waals surface area contributed by atoms with E-state index < -0.39 is 0 Å². The number of pyridine rings is 1. The minimum absolute atomic E-state index is 0.0205. The zero-order valence-corrected chi connectivity index (χ0v) is 10.4. The predicted molar refractivity (Wildman–Crippen MR) is 69.1 cm³/mol. The van der Waals surface area contributed by atoms with E-state index in [1.807, 2.05) is 4.90 Å². The number of nitrogen functional groups attached to an aromatic ring is 1. The Labute approximate surface area is 107 Å². The summed E-state index contributed by atoms with van der Waals surface area (Å²) in [7, 11) is 0. The second kappa shape index (κ2) is 4.57. The van der Waals surface area contributed by atoms with Gasteiger partial charge >= 0.3 is 0 Å². The standard InChI is InChI=1S/C13H18N4O/c14-12-3-4-15-8-11(12)13(18)17-7-6-16-5-1-2-10(16)9-17/h3-4,8,10H,1-2,5-7,9H2,(H2,14,15)/t10-/m1/s1. The Hall–Kier alpha value is -1.62. The lowest BCUT2D eigenvalue weighted by atomic mass is 10.1. The largest absolute Gasteiger partial charge is 0.398 e. The number of fused-ring (bicyclic) bond motifs is 1. The van der Waals surface area contributed by atoms with Gasteiger partial charge in [-0.05, 0) is 25.5 Å². The molecule has 0 aromatic carbocycles. The maximum atomic E-state index is 12.4. The minimum Gasteiger partial charge on any atom is -0.398 e. The number of hydrogen-bond donors (Lipinski definition) is 1. The molecular formula is C13H18N4O. The van der Waals surface area contributed by atoms with E-state index >= 15 is 0 Å². The third-order valence-electron chi connectivity index (χ3n) is 3.96. The van der Waals surface area contributed by atoms with Crippen molar-refractivity contribution in [3.05, 3.63) is 24.0 Å². The van der Waals surface area contributed by atoms with Crippen LogP contribution in [0.3, 0.4) is 0 Å². The zero-order valence-electron chi connectivity index (χ0n) is 10.4. The molecule has 0 unspecified atom stereocenters. The summed E-state index contributed by atoms with van der Waals surface area (Å²) in [4.78, 5) is 20.8. The summed E-state index contributed by atoms with van der Waals surface area (Å²) in [5.74, 6) is 0.0205. The normalized spacial score (nSPS) is 24.0. The van der Waals surface area contributed by atoms with Crippen molar-refractivity contribution in [3.63, 3.8) is 0 Å². The van der Waals surface area contributed by atoms with Crippen molar-refractivity contribution in [1.82, 2.24) is 14.8 Å². The molecule has 3 heterocycles. The summed E-state index contributed by atoms with van der Waals surface area (Å²) in [6.45, 7) is 3.79. The number of carbonyl (C=O) groups is 1. The van der Waals surface area contributed by atoms with Crippen LogP contribution in [0.15, 0.2) is 18.5 Å². The molecule has 2 saturated heterocycles. The van der Waals surface area contributed by atoms with Crippen molar-refractivity contribution in [3.8, 4) is 0 Å². The van der Waals surface area contributed by atoms with Crippen LogP contribution in [0.5, 0.6) is 0 Å². The molecule has 1 aromatic rings. The van der Waals surface area contributed by atoms with Crippen LogP contribution in [0.4, 0.5) is 5.69 Å². The number of anilines is 1. The number of hydrogen-bond acceptors (Lipinski definition) is 4. The molecule has 0 bridgehead atoms. The van der Waals surface area contributed by atoms with Crippen LogP contribution < -0.4 is 5.73 Å². The number of nitrogens with zero attached hydrogens (tertiary/aromatic N) is 3. The highest BCUT2D eigenvalue weighted by Crippen LogP contribution is 2.23. The summed E-state index contributed by atoms with van der Waals surface area (Å²) in [6.07, 6.45) is 5.63. The van der Waals surface area contributed by atoms with Gasteiger partial charge in [-0.3, -0.25) is 14.7 Å². The number of piperazine rings is 1. The molecule has 2 aliphatic rings. The number of nitrogens with two attached hydrogens (primary N) is 1. The first-order valence-corrected chi connectivity index (χ1v) is 6.48. The molecular weight excluding hydrogens is 228 g/mol. The van der Waals surface area contributed by atoms with Gasteiger partial charge in [0, 0.05) is 43.8 Å². The molecule has 0 aliphatic carbocycles. The van der Waals surface area contributed by atoms with Crippen LogP contribution in [0.1, 0.15) is 23.2 Å². The highest BCUT2D eigenvalue weighted by molar-refractivity contribution is 5.98. The number of rotatable bonds is 1. The fourth-order valence-electron chi connectivity index (χ4n) is 2.93. The SMILES string of the molecule is Nc1ccncc1C(=O)N1CCN2CCC[C@@H]2C1. The fourth-order valence-corrected chi connectivity index (χ4v) is 2.93. The molecule has 2 fully saturated rings. The highest BCUT2D eigenvalue weighted by atomic mass is 16.2. The molecule has 2 aliphatic heterocycles. The van der Waals surface area contributed by atoms with Crippen LogP contribution in [0.2, 0.25) is 0 Å². The average molecular weight is 246 g/mol. The average Bonchev–Trinajstić information content (AvgIpc) is 2.85. The van der Waals surface area contributed by atoms with Gasteiger partial charge in [0.05, 0.1) is 5.56 Å². The topological polar surface area (TPSA) is 62.5 Å². The monoisotopic (exact) mass is 246 g/mol. The Bertz CT molecular complexity index is 462. The lowest BCUT2D eigenvalue weighted by Gasteiger charge is -2.37. The van der Waals surface area contributed by atoms with Crippen molar-refractivity contribution in [2.45, 2.75) is 18.9 Å². The molecule has 0 saturated carbocycles. The summed E-state index contributed by atoms with van der Waals surface area (Å²) in [5, 5.41) is 0. The van der Waals surface area contributed by atoms with Gasteiger partial charge in [-0.15, -0.1) is 0 Å². The van der Waals surface area contributed by atoms with Gasteiger partial charge in [0.25, 0.3) is 5.91 Å².